The molecule has 0 fully saturated rings. The molecule has 0 saturated heterocycles. The van der Waals surface area contributed by atoms with Crippen molar-refractivity contribution < 1.29 is 45.3 Å². The van der Waals surface area contributed by atoms with Crippen molar-refractivity contribution in [2.75, 3.05) is 12.3 Å². The molecule has 0 saturated carbocycles. The van der Waals surface area contributed by atoms with Gasteiger partial charge in [0.25, 0.3) is 0 Å². The third-order valence-electron chi connectivity index (χ3n) is 7.66. The topological polar surface area (TPSA) is 98.7 Å². The summed E-state index contributed by atoms with van der Waals surface area (Å²) < 4.78 is 34.8. The van der Waals surface area contributed by atoms with Crippen LogP contribution in [0.1, 0.15) is 171 Å². The van der Waals surface area contributed by atoms with Gasteiger partial charge < -0.3 is 28.0 Å². The van der Waals surface area contributed by atoms with E-state index in [1.165, 1.54) is 38.5 Å². The van der Waals surface area contributed by atoms with Crippen LogP contribution in [0.25, 0.3) is 0 Å². The van der Waals surface area contributed by atoms with Gasteiger partial charge in [0.15, 0.2) is 0 Å². The maximum absolute atomic E-state index is 12.1. The Morgan fingerprint density at radius 2 is 0.829 bits per heavy atom. The molecule has 0 aliphatic rings. The normalized spacial score (nSPS) is 17.2. The molecule has 0 N–H and O–H groups in total. The van der Waals surface area contributed by atoms with Crippen LogP contribution in [-0.4, -0.2) is 24.5 Å². The van der Waals surface area contributed by atoms with E-state index in [1.807, 2.05) is 13.8 Å². The molecule has 6 nitrogen and oxygen atoms in total. The number of hydrogen-bond donors (Lipinski definition) is 0. The van der Waals surface area contributed by atoms with E-state index in [0.717, 1.165) is 77.0 Å². The number of rotatable bonds is 26. The molecule has 0 amide bonds. The first-order valence-electron chi connectivity index (χ1n) is 16.9. The van der Waals surface area contributed by atoms with E-state index in [-0.39, 0.29) is 53.7 Å². The van der Waals surface area contributed by atoms with Gasteiger partial charge in [-0.1, -0.05) is 131 Å². The van der Waals surface area contributed by atoms with Gasteiger partial charge in [0.2, 0.25) is 0 Å². The van der Waals surface area contributed by atoms with Gasteiger partial charge in [-0.2, -0.15) is 0 Å². The smallest absolute Gasteiger partial charge is 0.778 e. The number of unbranched alkanes of at least 4 members (excludes halogenated alkanes) is 8. The van der Waals surface area contributed by atoms with Crippen molar-refractivity contribution in [3.63, 3.8) is 0 Å². The minimum Gasteiger partial charge on any atom is -0.778 e. The Bertz CT molecular complexity index is 598. The van der Waals surface area contributed by atoms with Gasteiger partial charge in [-0.15, -0.1) is 0 Å². The molecule has 0 aliphatic carbocycles. The zero-order valence-electron chi connectivity index (χ0n) is 28.2. The van der Waals surface area contributed by atoms with Crippen molar-refractivity contribution in [3.05, 3.63) is 0 Å². The molecule has 0 radical (unpaired) electrons. The molecule has 0 bridgehead atoms. The zero-order chi connectivity index (χ0) is 30.9. The van der Waals surface area contributed by atoms with Crippen molar-refractivity contribution in [1.29, 1.82) is 0 Å². The zero-order valence-corrected chi connectivity index (χ0v) is 31.3. The summed E-state index contributed by atoms with van der Waals surface area (Å²) in [5.41, 5.74) is 0. The van der Waals surface area contributed by atoms with Crippen LogP contribution in [0, 0.1) is 11.8 Å². The molecule has 6 atom stereocenters. The molecule has 248 valence electrons. The molecule has 0 aromatic rings. The van der Waals surface area contributed by atoms with E-state index in [9.17, 15) is 18.9 Å². The summed E-state index contributed by atoms with van der Waals surface area (Å²) in [4.78, 5) is 24.1. The van der Waals surface area contributed by atoms with Crippen molar-refractivity contribution in [2.24, 2.45) is 11.8 Å². The molecule has 0 heterocycles. The third-order valence-corrected chi connectivity index (χ3v) is 10.9. The Morgan fingerprint density at radius 1 is 0.512 bits per heavy atom. The van der Waals surface area contributed by atoms with Gasteiger partial charge >= 0.3 is 17.4 Å². The molecular formula is C32H68CrO6P2. The molecular weight excluding hydrogens is 594 g/mol. The SMILES string of the molecule is CCCCCCC(C)OP(=O)([O-])CC(CC)CCCC.CCCCCCC(C)OP(=O)([O-])CC(CC)CCCC.[Cr+2]. The van der Waals surface area contributed by atoms with E-state index in [0.29, 0.717) is 0 Å². The Labute approximate surface area is 267 Å². The fourth-order valence-corrected chi connectivity index (χ4v) is 8.55. The Kier molecular flexibility index (Phi) is 33.3. The third kappa shape index (κ3) is 30.6. The molecule has 6 unspecified atom stereocenters. The van der Waals surface area contributed by atoms with Crippen LogP contribution in [-0.2, 0) is 35.5 Å². The maximum Gasteiger partial charge on any atom is 2.00 e. The van der Waals surface area contributed by atoms with Crippen molar-refractivity contribution >= 4 is 15.2 Å². The predicted octanol–water partition coefficient (Wildman–Crippen LogP) is 10.3. The van der Waals surface area contributed by atoms with Crippen LogP contribution in [0.2, 0.25) is 0 Å². The van der Waals surface area contributed by atoms with E-state index in [1.54, 1.807) is 0 Å². The maximum atomic E-state index is 12.1. The second kappa shape index (κ2) is 29.5. The molecule has 0 aromatic carbocycles. The fourth-order valence-electron chi connectivity index (χ4n) is 4.92. The molecule has 9 heteroatoms. The second-order valence-corrected chi connectivity index (χ2v) is 15.5. The van der Waals surface area contributed by atoms with E-state index >= 15 is 0 Å². The average Bonchev–Trinajstić information content (AvgIpc) is 2.89. The largest absolute Gasteiger partial charge is 2.00 e. The molecule has 0 aromatic heterocycles. The monoisotopic (exact) mass is 662 g/mol. The van der Waals surface area contributed by atoms with E-state index < -0.39 is 15.2 Å². The van der Waals surface area contributed by atoms with Crippen LogP contribution in [0.15, 0.2) is 0 Å². The Balaban J connectivity index is -0.000000688. The van der Waals surface area contributed by atoms with Crippen molar-refractivity contribution in [2.45, 2.75) is 183 Å². The first-order valence-corrected chi connectivity index (χ1v) is 20.3. The second-order valence-electron chi connectivity index (χ2n) is 12.0. The van der Waals surface area contributed by atoms with Gasteiger partial charge in [-0.25, -0.2) is 0 Å². The van der Waals surface area contributed by atoms with E-state index in [2.05, 4.69) is 41.5 Å². The Morgan fingerprint density at radius 3 is 1.10 bits per heavy atom. The van der Waals surface area contributed by atoms with Crippen LogP contribution < -0.4 is 9.79 Å². The summed E-state index contributed by atoms with van der Waals surface area (Å²) >= 11 is 0. The van der Waals surface area contributed by atoms with Crippen molar-refractivity contribution in [1.82, 2.24) is 0 Å². The Hall–Kier alpha value is 0.832. The van der Waals surface area contributed by atoms with Crippen LogP contribution in [0.5, 0.6) is 0 Å². The average molecular weight is 663 g/mol. The van der Waals surface area contributed by atoms with Gasteiger partial charge in [0.05, 0.1) is 12.2 Å². The molecule has 0 spiro atoms. The minimum atomic E-state index is -3.67. The van der Waals surface area contributed by atoms with Gasteiger partial charge in [-0.3, -0.25) is 0 Å². The summed E-state index contributed by atoms with van der Waals surface area (Å²) in [6, 6.07) is 0. The standard InChI is InChI=1S/2C16H35O3P.Cr/c2*1-5-8-10-11-12-15(4)19-20(17,18)14-16(7-3)13-9-6-2;/h2*15-16H,5-14H2,1-4H3,(H,17,18);/q;;+2/p-2. The molecule has 0 rings (SSSR count). The summed E-state index contributed by atoms with van der Waals surface area (Å²) in [6.45, 7) is 16.5. The van der Waals surface area contributed by atoms with Crippen LogP contribution >= 0.6 is 15.2 Å². The summed E-state index contributed by atoms with van der Waals surface area (Å²) in [5, 5.41) is 0. The van der Waals surface area contributed by atoms with Gasteiger partial charge in [-0.05, 0) is 51.4 Å². The summed E-state index contributed by atoms with van der Waals surface area (Å²) in [6.07, 6.45) is 19.3. The summed E-state index contributed by atoms with van der Waals surface area (Å²) in [7, 11) is -7.33. The quantitative estimate of drug-likeness (QED) is 0.0675. The molecule has 41 heavy (non-hydrogen) atoms. The first kappa shape index (κ1) is 46.3. The first-order chi connectivity index (χ1) is 18.9. The van der Waals surface area contributed by atoms with Gasteiger partial charge in [0, 0.05) is 12.3 Å². The molecule has 0 aliphatic heterocycles. The van der Waals surface area contributed by atoms with Crippen molar-refractivity contribution in [3.8, 4) is 0 Å². The fraction of sp³-hybridized carbons (Fsp3) is 1.00. The van der Waals surface area contributed by atoms with Crippen LogP contribution in [0.4, 0.5) is 0 Å². The number of hydrogen-bond acceptors (Lipinski definition) is 6. The van der Waals surface area contributed by atoms with Crippen LogP contribution in [0.3, 0.4) is 0 Å². The predicted molar refractivity (Wildman–Crippen MR) is 170 cm³/mol. The van der Waals surface area contributed by atoms with Gasteiger partial charge in [0.1, 0.15) is 15.2 Å². The minimum absolute atomic E-state index is 0. The summed E-state index contributed by atoms with van der Waals surface area (Å²) in [5.74, 6) is 0.510. The van der Waals surface area contributed by atoms with E-state index in [4.69, 9.17) is 9.05 Å².